The quantitative estimate of drug-likeness (QED) is 0.797. The third-order valence-corrected chi connectivity index (χ3v) is 6.19. The Labute approximate surface area is 140 Å². The molecule has 0 saturated carbocycles. The van der Waals surface area contributed by atoms with Crippen molar-refractivity contribution < 1.29 is 9.53 Å². The average Bonchev–Trinajstić information content (AvgIpc) is 2.56. The van der Waals surface area contributed by atoms with Crippen LogP contribution in [0.5, 0.6) is 0 Å². The van der Waals surface area contributed by atoms with E-state index in [-0.39, 0.29) is 12.5 Å². The van der Waals surface area contributed by atoms with E-state index in [1.165, 1.54) is 58.4 Å². The molecule has 4 saturated heterocycles. The van der Waals surface area contributed by atoms with Crippen LogP contribution in [-0.4, -0.2) is 74.7 Å². The molecule has 4 atom stereocenters. The van der Waals surface area contributed by atoms with Crippen molar-refractivity contribution in [2.45, 2.75) is 38.6 Å². The molecule has 0 radical (unpaired) electrons. The molecule has 4 aliphatic rings. The molecule has 4 heterocycles. The summed E-state index contributed by atoms with van der Waals surface area (Å²) in [4.78, 5) is 16.9. The fourth-order valence-electron chi connectivity index (χ4n) is 4.66. The predicted molar refractivity (Wildman–Crippen MR) is 91.3 cm³/mol. The number of nitrogens with one attached hydrogen (secondary N) is 1. The van der Waals surface area contributed by atoms with Crippen molar-refractivity contribution >= 4 is 5.91 Å². The van der Waals surface area contributed by atoms with E-state index in [1.807, 2.05) is 0 Å². The van der Waals surface area contributed by atoms with Crippen molar-refractivity contribution in [2.24, 2.45) is 17.8 Å². The highest BCUT2D eigenvalue weighted by molar-refractivity contribution is 5.77. The maximum absolute atomic E-state index is 11.6. The Hall–Kier alpha value is -0.650. The van der Waals surface area contributed by atoms with Gasteiger partial charge in [-0.05, 0) is 63.1 Å². The average molecular weight is 323 g/mol. The zero-order valence-electron chi connectivity index (χ0n) is 14.8. The van der Waals surface area contributed by atoms with E-state index < -0.39 is 0 Å². The van der Waals surface area contributed by atoms with Crippen LogP contribution in [0.1, 0.15) is 32.6 Å². The molecule has 1 amide bonds. The van der Waals surface area contributed by atoms with Gasteiger partial charge in [-0.3, -0.25) is 9.69 Å². The summed E-state index contributed by atoms with van der Waals surface area (Å²) in [5, 5.41) is 3.02. The van der Waals surface area contributed by atoms with Gasteiger partial charge in [-0.15, -0.1) is 0 Å². The Morgan fingerprint density at radius 1 is 1.22 bits per heavy atom. The van der Waals surface area contributed by atoms with Crippen LogP contribution >= 0.6 is 0 Å². The number of ether oxygens (including phenoxy) is 1. The molecule has 5 heteroatoms. The molecule has 0 aromatic heterocycles. The first-order valence-corrected chi connectivity index (χ1v) is 9.37. The summed E-state index contributed by atoms with van der Waals surface area (Å²) in [6.45, 7) is 9.65. The van der Waals surface area contributed by atoms with Crippen molar-refractivity contribution in [2.75, 3.05) is 53.0 Å². The number of amides is 1. The van der Waals surface area contributed by atoms with Crippen molar-refractivity contribution in [1.29, 1.82) is 0 Å². The van der Waals surface area contributed by atoms with E-state index in [1.54, 1.807) is 7.11 Å². The Bertz CT molecular complexity index is 396. The summed E-state index contributed by atoms with van der Waals surface area (Å²) in [6.07, 6.45) is 5.34. The molecule has 0 spiro atoms. The van der Waals surface area contributed by atoms with Crippen LogP contribution in [0.15, 0.2) is 0 Å². The number of rotatable bonds is 6. The van der Waals surface area contributed by atoms with Crippen molar-refractivity contribution in [3.63, 3.8) is 0 Å². The van der Waals surface area contributed by atoms with Gasteiger partial charge in [0.05, 0.1) is 0 Å². The van der Waals surface area contributed by atoms with Crippen LogP contribution < -0.4 is 5.32 Å². The van der Waals surface area contributed by atoms with Crippen molar-refractivity contribution in [3.8, 4) is 0 Å². The fraction of sp³-hybridized carbons (Fsp3) is 0.944. The maximum Gasteiger partial charge on any atom is 0.246 e. The largest absolute Gasteiger partial charge is 0.375 e. The molecular weight excluding hydrogens is 290 g/mol. The third-order valence-electron chi connectivity index (χ3n) is 6.19. The zero-order valence-corrected chi connectivity index (χ0v) is 14.8. The molecule has 4 unspecified atom stereocenters. The molecular formula is C18H33N3O2. The molecule has 0 aromatic rings. The molecule has 0 aliphatic carbocycles. The lowest BCUT2D eigenvalue weighted by Gasteiger charge is -2.51. The molecule has 4 fully saturated rings. The number of carbonyl (C=O) groups excluding carboxylic acids is 1. The van der Waals surface area contributed by atoms with Crippen LogP contribution in [0.2, 0.25) is 0 Å². The van der Waals surface area contributed by atoms with Gasteiger partial charge in [0.1, 0.15) is 6.61 Å². The first-order valence-electron chi connectivity index (χ1n) is 9.37. The lowest BCUT2D eigenvalue weighted by atomic mass is 9.75. The molecule has 132 valence electrons. The number of piperidine rings is 4. The van der Waals surface area contributed by atoms with Gasteiger partial charge >= 0.3 is 0 Å². The molecule has 0 aromatic carbocycles. The van der Waals surface area contributed by atoms with E-state index >= 15 is 0 Å². The minimum atomic E-state index is 0.00846. The molecule has 5 nitrogen and oxygen atoms in total. The summed E-state index contributed by atoms with van der Waals surface area (Å²) >= 11 is 0. The standard InChI is InChI=1S/C18H33N3O2/c1-14-3-6-20(7-4-14)11-16-12-21-8-5-15(16)9-17(21)10-19-18(22)13-23-2/h14-17H,3-13H2,1-2H3,(H,19,22). The predicted octanol–water partition coefficient (Wildman–Crippen LogP) is 1.19. The topological polar surface area (TPSA) is 44.8 Å². The Morgan fingerprint density at radius 2 is 2.00 bits per heavy atom. The number of nitrogens with zero attached hydrogens (tertiary/aromatic N) is 2. The number of hydrogen-bond donors (Lipinski definition) is 1. The minimum Gasteiger partial charge on any atom is -0.375 e. The minimum absolute atomic E-state index is 0.00846. The second-order valence-electron chi connectivity index (χ2n) is 7.91. The van der Waals surface area contributed by atoms with Gasteiger partial charge < -0.3 is 15.0 Å². The van der Waals surface area contributed by atoms with E-state index in [0.717, 1.165) is 24.3 Å². The third kappa shape index (κ3) is 4.46. The zero-order chi connectivity index (χ0) is 16.2. The van der Waals surface area contributed by atoms with Crippen molar-refractivity contribution in [3.05, 3.63) is 0 Å². The summed E-state index contributed by atoms with van der Waals surface area (Å²) in [5.74, 6) is 2.61. The second-order valence-corrected chi connectivity index (χ2v) is 7.91. The number of hydrogen-bond acceptors (Lipinski definition) is 4. The van der Waals surface area contributed by atoms with Gasteiger partial charge in [0.25, 0.3) is 0 Å². The smallest absolute Gasteiger partial charge is 0.246 e. The monoisotopic (exact) mass is 323 g/mol. The highest BCUT2D eigenvalue weighted by Crippen LogP contribution is 2.36. The lowest BCUT2D eigenvalue weighted by Crippen LogP contribution is -2.58. The van der Waals surface area contributed by atoms with E-state index in [2.05, 4.69) is 22.0 Å². The van der Waals surface area contributed by atoms with Gasteiger partial charge in [0, 0.05) is 32.8 Å². The molecule has 4 rings (SSSR count). The van der Waals surface area contributed by atoms with E-state index in [0.29, 0.717) is 6.04 Å². The van der Waals surface area contributed by atoms with Gasteiger partial charge in [0.15, 0.2) is 0 Å². The SMILES string of the molecule is COCC(=O)NCC1CC2CCN1CC2CN1CCC(C)CC1. The second kappa shape index (κ2) is 7.95. The van der Waals surface area contributed by atoms with Crippen LogP contribution in [0, 0.1) is 17.8 Å². The lowest BCUT2D eigenvalue weighted by molar-refractivity contribution is -0.125. The summed E-state index contributed by atoms with van der Waals surface area (Å²) < 4.78 is 4.88. The summed E-state index contributed by atoms with van der Waals surface area (Å²) in [7, 11) is 1.57. The number of fused-ring (bicyclic) bond motifs is 3. The van der Waals surface area contributed by atoms with Gasteiger partial charge in [0.2, 0.25) is 5.91 Å². The molecule has 4 aliphatic heterocycles. The molecule has 2 bridgehead atoms. The highest BCUT2D eigenvalue weighted by Gasteiger charge is 2.40. The van der Waals surface area contributed by atoms with Crippen LogP contribution in [0.3, 0.4) is 0 Å². The first-order chi connectivity index (χ1) is 11.2. The van der Waals surface area contributed by atoms with Gasteiger partial charge in [-0.25, -0.2) is 0 Å². The van der Waals surface area contributed by atoms with Crippen LogP contribution in [0.25, 0.3) is 0 Å². The van der Waals surface area contributed by atoms with Crippen molar-refractivity contribution in [1.82, 2.24) is 15.1 Å². The normalized spacial score (nSPS) is 35.4. The van der Waals surface area contributed by atoms with E-state index in [4.69, 9.17) is 4.74 Å². The Morgan fingerprint density at radius 3 is 2.65 bits per heavy atom. The molecule has 1 N–H and O–H groups in total. The summed E-state index contributed by atoms with van der Waals surface area (Å²) in [5.41, 5.74) is 0. The van der Waals surface area contributed by atoms with Gasteiger partial charge in [-0.2, -0.15) is 0 Å². The maximum atomic E-state index is 11.6. The van der Waals surface area contributed by atoms with Crippen LogP contribution in [0.4, 0.5) is 0 Å². The van der Waals surface area contributed by atoms with Crippen LogP contribution in [-0.2, 0) is 9.53 Å². The molecule has 23 heavy (non-hydrogen) atoms. The van der Waals surface area contributed by atoms with Gasteiger partial charge in [-0.1, -0.05) is 6.92 Å². The fourth-order valence-corrected chi connectivity index (χ4v) is 4.66. The highest BCUT2D eigenvalue weighted by atomic mass is 16.5. The summed E-state index contributed by atoms with van der Waals surface area (Å²) in [6, 6.07) is 0.534. The Kier molecular flexibility index (Phi) is 5.94. The van der Waals surface area contributed by atoms with E-state index in [9.17, 15) is 4.79 Å². The number of methoxy groups -OCH3 is 1. The first kappa shape index (κ1) is 17.2. The number of carbonyl (C=O) groups is 1. The Balaban J connectivity index is 1.44. The number of likely N-dealkylation sites (tertiary alicyclic amines) is 1.